The molecular weight excluding hydrogens is 166 g/mol. The molecule has 0 atom stereocenters. The van der Waals surface area contributed by atoms with Crippen molar-refractivity contribution in [3.05, 3.63) is 29.3 Å². The normalized spacial score (nSPS) is 9.38. The second kappa shape index (κ2) is 3.85. The summed E-state index contributed by atoms with van der Waals surface area (Å²) >= 11 is 0. The van der Waals surface area contributed by atoms with Crippen molar-refractivity contribution in [1.82, 2.24) is 0 Å². The molecule has 0 unspecified atom stereocenters. The van der Waals surface area contributed by atoms with Crippen LogP contribution in [0.5, 0.6) is 0 Å². The van der Waals surface area contributed by atoms with Gasteiger partial charge in [-0.05, 0) is 18.6 Å². The van der Waals surface area contributed by atoms with Crippen LogP contribution in [0.4, 0.5) is 5.69 Å². The van der Waals surface area contributed by atoms with Crippen LogP contribution in [-0.4, -0.2) is 19.1 Å². The van der Waals surface area contributed by atoms with Gasteiger partial charge in [0.15, 0.2) is 6.29 Å². The fraction of sp³-hybridized carbons (Fsp3) is 0.200. The van der Waals surface area contributed by atoms with E-state index in [0.717, 1.165) is 11.3 Å². The van der Waals surface area contributed by atoms with Crippen LogP contribution >= 0.6 is 0 Å². The van der Waals surface area contributed by atoms with Crippen molar-refractivity contribution in [3.8, 4) is 0 Å². The van der Waals surface area contributed by atoms with E-state index < -0.39 is 5.78 Å². The minimum atomic E-state index is -0.493. The lowest BCUT2D eigenvalue weighted by atomic mass is 10.1. The van der Waals surface area contributed by atoms with Crippen LogP contribution in [0.2, 0.25) is 0 Å². The highest BCUT2D eigenvalue weighted by Crippen LogP contribution is 2.19. The molecule has 1 aromatic carbocycles. The van der Waals surface area contributed by atoms with Crippen LogP contribution < -0.4 is 5.32 Å². The molecular formula is C10H11NO2. The molecule has 0 fully saturated rings. The Morgan fingerprint density at radius 2 is 2.15 bits per heavy atom. The van der Waals surface area contributed by atoms with Crippen molar-refractivity contribution in [2.75, 3.05) is 12.4 Å². The summed E-state index contributed by atoms with van der Waals surface area (Å²) in [5.74, 6) is -0.493. The molecule has 0 spiro atoms. The fourth-order valence-electron chi connectivity index (χ4n) is 1.27. The molecule has 3 heteroatoms. The smallest absolute Gasteiger partial charge is 0.227 e. The number of hydrogen-bond acceptors (Lipinski definition) is 3. The number of anilines is 1. The molecule has 1 rings (SSSR count). The van der Waals surface area contributed by atoms with Crippen molar-refractivity contribution in [2.45, 2.75) is 6.92 Å². The molecule has 0 bridgehead atoms. The Labute approximate surface area is 76.8 Å². The van der Waals surface area contributed by atoms with Gasteiger partial charge in [-0.2, -0.15) is 0 Å². The minimum absolute atomic E-state index is 0.329. The van der Waals surface area contributed by atoms with Gasteiger partial charge in [0.1, 0.15) is 0 Å². The van der Waals surface area contributed by atoms with Gasteiger partial charge in [-0.25, -0.2) is 0 Å². The van der Waals surface area contributed by atoms with E-state index in [0.29, 0.717) is 11.8 Å². The third-order valence-electron chi connectivity index (χ3n) is 1.90. The highest BCUT2D eigenvalue weighted by Gasteiger charge is 2.10. The number of aryl methyl sites for hydroxylation is 1. The molecule has 0 saturated heterocycles. The Kier molecular flexibility index (Phi) is 2.80. The summed E-state index contributed by atoms with van der Waals surface area (Å²) in [7, 11) is 1.73. The zero-order valence-electron chi connectivity index (χ0n) is 7.63. The van der Waals surface area contributed by atoms with Crippen LogP contribution in [0.25, 0.3) is 0 Å². The lowest BCUT2D eigenvalue weighted by Crippen LogP contribution is -2.05. The second-order valence-corrected chi connectivity index (χ2v) is 2.73. The molecule has 3 nitrogen and oxygen atoms in total. The number of para-hydroxylation sites is 1. The predicted octanol–water partition coefficient (Wildman–Crippen LogP) is 1.42. The molecule has 0 aliphatic rings. The van der Waals surface area contributed by atoms with Gasteiger partial charge in [0, 0.05) is 18.3 Å². The largest absolute Gasteiger partial charge is 0.387 e. The maximum absolute atomic E-state index is 11.1. The Balaban J connectivity index is 3.27. The van der Waals surface area contributed by atoms with Crippen molar-refractivity contribution >= 4 is 17.8 Å². The average molecular weight is 177 g/mol. The van der Waals surface area contributed by atoms with E-state index in [9.17, 15) is 9.59 Å². The number of hydrogen-bond donors (Lipinski definition) is 1. The van der Waals surface area contributed by atoms with Gasteiger partial charge in [-0.1, -0.05) is 12.1 Å². The highest BCUT2D eigenvalue weighted by molar-refractivity contribution is 6.34. The number of aldehydes is 1. The topological polar surface area (TPSA) is 46.2 Å². The molecule has 68 valence electrons. The van der Waals surface area contributed by atoms with Gasteiger partial charge in [0.25, 0.3) is 0 Å². The van der Waals surface area contributed by atoms with Gasteiger partial charge in [-0.15, -0.1) is 0 Å². The Hall–Kier alpha value is -1.64. The van der Waals surface area contributed by atoms with E-state index in [1.807, 2.05) is 13.0 Å². The van der Waals surface area contributed by atoms with E-state index in [4.69, 9.17) is 0 Å². The van der Waals surface area contributed by atoms with Crippen LogP contribution in [-0.2, 0) is 4.79 Å². The van der Waals surface area contributed by atoms with Gasteiger partial charge in [0.2, 0.25) is 5.78 Å². The minimum Gasteiger partial charge on any atom is -0.387 e. The van der Waals surface area contributed by atoms with E-state index in [1.165, 1.54) is 0 Å². The van der Waals surface area contributed by atoms with E-state index in [2.05, 4.69) is 5.32 Å². The van der Waals surface area contributed by atoms with Crippen LogP contribution in [0.1, 0.15) is 15.9 Å². The molecule has 1 N–H and O–H groups in total. The zero-order chi connectivity index (χ0) is 9.84. The van der Waals surface area contributed by atoms with Crippen LogP contribution in [0.3, 0.4) is 0 Å². The maximum Gasteiger partial charge on any atom is 0.227 e. The predicted molar refractivity (Wildman–Crippen MR) is 51.1 cm³/mol. The van der Waals surface area contributed by atoms with E-state index in [1.54, 1.807) is 19.2 Å². The SMILES string of the molecule is CNc1c(C)cccc1C(=O)C=O. The number of Topliss-reactive ketones (excluding diaryl/α,β-unsaturated/α-hetero) is 1. The summed E-state index contributed by atoms with van der Waals surface area (Å²) in [4.78, 5) is 21.4. The first kappa shape index (κ1) is 9.45. The Bertz CT molecular complexity index is 345. The summed E-state index contributed by atoms with van der Waals surface area (Å²) in [6, 6.07) is 5.27. The summed E-state index contributed by atoms with van der Waals surface area (Å²) in [5.41, 5.74) is 2.10. The van der Waals surface area contributed by atoms with Crippen molar-refractivity contribution in [2.24, 2.45) is 0 Å². The Morgan fingerprint density at radius 1 is 1.46 bits per heavy atom. The number of carbonyl (C=O) groups excluding carboxylic acids is 2. The van der Waals surface area contributed by atoms with E-state index in [-0.39, 0.29) is 0 Å². The number of ketones is 1. The number of rotatable bonds is 3. The third kappa shape index (κ3) is 1.75. The summed E-state index contributed by atoms with van der Waals surface area (Å²) in [5, 5.41) is 2.90. The monoisotopic (exact) mass is 177 g/mol. The maximum atomic E-state index is 11.1. The molecule has 0 amide bonds. The summed E-state index contributed by atoms with van der Waals surface area (Å²) in [6.07, 6.45) is 0.329. The van der Waals surface area contributed by atoms with Gasteiger partial charge in [-0.3, -0.25) is 9.59 Å². The molecule has 13 heavy (non-hydrogen) atoms. The molecule has 0 radical (unpaired) electrons. The number of carbonyl (C=O) groups is 2. The fourth-order valence-corrected chi connectivity index (χ4v) is 1.27. The van der Waals surface area contributed by atoms with Gasteiger partial charge in [0.05, 0.1) is 0 Å². The van der Waals surface area contributed by atoms with Crippen LogP contribution in [0.15, 0.2) is 18.2 Å². The van der Waals surface area contributed by atoms with Gasteiger partial charge >= 0.3 is 0 Å². The molecule has 0 aromatic heterocycles. The number of benzene rings is 1. The lowest BCUT2D eigenvalue weighted by Gasteiger charge is -2.08. The molecule has 0 aliphatic carbocycles. The van der Waals surface area contributed by atoms with Crippen molar-refractivity contribution in [3.63, 3.8) is 0 Å². The third-order valence-corrected chi connectivity index (χ3v) is 1.90. The van der Waals surface area contributed by atoms with Crippen molar-refractivity contribution < 1.29 is 9.59 Å². The summed E-state index contributed by atoms with van der Waals surface area (Å²) in [6.45, 7) is 1.88. The quantitative estimate of drug-likeness (QED) is 0.431. The summed E-state index contributed by atoms with van der Waals surface area (Å²) < 4.78 is 0. The molecule has 0 saturated carbocycles. The molecule has 1 aromatic rings. The number of nitrogens with one attached hydrogen (secondary N) is 1. The van der Waals surface area contributed by atoms with Crippen LogP contribution in [0, 0.1) is 6.92 Å². The van der Waals surface area contributed by atoms with Crippen molar-refractivity contribution in [1.29, 1.82) is 0 Å². The first-order valence-corrected chi connectivity index (χ1v) is 3.97. The molecule has 0 aliphatic heterocycles. The first-order chi connectivity index (χ1) is 6.20. The molecule has 0 heterocycles. The second-order valence-electron chi connectivity index (χ2n) is 2.73. The standard InChI is InChI=1S/C10H11NO2/c1-7-4-3-5-8(9(13)6-12)10(7)11-2/h3-6,11H,1-2H3. The highest BCUT2D eigenvalue weighted by atomic mass is 16.2. The zero-order valence-corrected chi connectivity index (χ0v) is 7.63. The van der Waals surface area contributed by atoms with Gasteiger partial charge < -0.3 is 5.32 Å². The Morgan fingerprint density at radius 3 is 2.69 bits per heavy atom. The lowest BCUT2D eigenvalue weighted by molar-refractivity contribution is -0.104. The first-order valence-electron chi connectivity index (χ1n) is 3.97. The average Bonchev–Trinajstić information content (AvgIpc) is 2.16. The van der Waals surface area contributed by atoms with E-state index >= 15 is 0 Å².